The van der Waals surface area contributed by atoms with Gasteiger partial charge in [0.2, 0.25) is 5.78 Å². The summed E-state index contributed by atoms with van der Waals surface area (Å²) in [6.07, 6.45) is -2.93. The molecule has 0 unspecified atom stereocenters. The molecule has 0 amide bonds. The summed E-state index contributed by atoms with van der Waals surface area (Å²) < 4.78 is 37.9. The molecule has 0 aromatic carbocycles. The van der Waals surface area contributed by atoms with Crippen LogP contribution in [0.25, 0.3) is 0 Å². The summed E-state index contributed by atoms with van der Waals surface area (Å²) in [7, 11) is 0. The lowest BCUT2D eigenvalue weighted by molar-refractivity contribution is -0.168. The summed E-state index contributed by atoms with van der Waals surface area (Å²) in [5.41, 5.74) is 1.49. The van der Waals surface area contributed by atoms with Gasteiger partial charge in [-0.2, -0.15) is 13.2 Å². The van der Waals surface area contributed by atoms with Gasteiger partial charge in [-0.25, -0.2) is 9.97 Å². The Hall–Kier alpha value is -1.86. The van der Waals surface area contributed by atoms with Gasteiger partial charge in [0, 0.05) is 25.6 Å². The number of piperidine rings is 1. The zero-order valence-corrected chi connectivity index (χ0v) is 13.1. The van der Waals surface area contributed by atoms with Crippen molar-refractivity contribution in [2.75, 3.05) is 23.3 Å². The van der Waals surface area contributed by atoms with E-state index in [9.17, 15) is 18.0 Å². The van der Waals surface area contributed by atoms with Crippen LogP contribution in [-0.2, 0) is 0 Å². The van der Waals surface area contributed by atoms with Crippen molar-refractivity contribution in [3.8, 4) is 0 Å². The maximum Gasteiger partial charge on any atom is 0.391 e. The van der Waals surface area contributed by atoms with E-state index in [-0.39, 0.29) is 11.9 Å². The van der Waals surface area contributed by atoms with Crippen molar-refractivity contribution in [3.05, 3.63) is 11.5 Å². The van der Waals surface area contributed by atoms with Crippen molar-refractivity contribution in [1.82, 2.24) is 9.97 Å². The zero-order chi connectivity index (χ0) is 16.8. The Morgan fingerprint density at radius 1 is 1.43 bits per heavy atom. The predicted molar refractivity (Wildman–Crippen MR) is 79.8 cm³/mol. The van der Waals surface area contributed by atoms with Gasteiger partial charge >= 0.3 is 6.18 Å². The predicted octanol–water partition coefficient (Wildman–Crippen LogP) is 2.95. The second-order valence-corrected chi connectivity index (χ2v) is 6.33. The molecule has 23 heavy (non-hydrogen) atoms. The number of anilines is 2. The van der Waals surface area contributed by atoms with E-state index in [0.29, 0.717) is 11.5 Å². The Balaban J connectivity index is 1.86. The Bertz CT molecular complexity index is 632. The smallest absolute Gasteiger partial charge is 0.365 e. The molecular weight excluding hydrogens is 309 g/mol. The highest BCUT2D eigenvalue weighted by molar-refractivity contribution is 5.94. The highest BCUT2D eigenvalue weighted by Gasteiger charge is 2.38. The Kier molecular flexibility index (Phi) is 3.93. The van der Waals surface area contributed by atoms with Crippen LogP contribution in [0.3, 0.4) is 0 Å². The number of rotatable bonds is 3. The minimum Gasteiger partial charge on any atom is -0.365 e. The van der Waals surface area contributed by atoms with E-state index in [1.165, 1.54) is 0 Å². The third-order valence-corrected chi connectivity index (χ3v) is 4.44. The van der Waals surface area contributed by atoms with E-state index in [2.05, 4.69) is 20.2 Å². The van der Waals surface area contributed by atoms with Crippen molar-refractivity contribution in [2.24, 2.45) is 5.92 Å². The Morgan fingerprint density at radius 3 is 2.87 bits per heavy atom. The number of aromatic nitrogens is 2. The van der Waals surface area contributed by atoms with Crippen LogP contribution >= 0.6 is 0 Å². The number of carbonyl (C=O) groups is 1. The minimum atomic E-state index is -4.39. The molecule has 3 heterocycles. The monoisotopic (exact) mass is 328 g/mol. The highest BCUT2D eigenvalue weighted by Crippen LogP contribution is 2.35. The van der Waals surface area contributed by atoms with Gasteiger partial charge in [0.15, 0.2) is 11.6 Å². The van der Waals surface area contributed by atoms with Gasteiger partial charge in [-0.3, -0.25) is 4.79 Å². The van der Waals surface area contributed by atoms with Gasteiger partial charge < -0.3 is 10.2 Å². The second kappa shape index (κ2) is 5.65. The number of halogens is 3. The molecule has 0 radical (unpaired) electrons. The van der Waals surface area contributed by atoms with Crippen molar-refractivity contribution >= 4 is 17.3 Å². The van der Waals surface area contributed by atoms with Gasteiger partial charge in [0.05, 0.1) is 11.6 Å². The quantitative estimate of drug-likeness (QED) is 0.865. The number of aryl methyl sites for hydroxylation is 1. The van der Waals surface area contributed by atoms with E-state index in [4.69, 9.17) is 0 Å². The average molecular weight is 328 g/mol. The first-order chi connectivity index (χ1) is 10.8. The fourth-order valence-electron chi connectivity index (χ4n) is 3.15. The number of nitrogens with one attached hydrogen (secondary N) is 1. The third kappa shape index (κ3) is 3.11. The van der Waals surface area contributed by atoms with Gasteiger partial charge in [-0.1, -0.05) is 6.92 Å². The van der Waals surface area contributed by atoms with Crippen LogP contribution in [0, 0.1) is 12.8 Å². The van der Waals surface area contributed by atoms with Crippen LogP contribution in [0.5, 0.6) is 0 Å². The van der Waals surface area contributed by atoms with Crippen molar-refractivity contribution in [3.63, 3.8) is 0 Å². The molecule has 0 saturated carbocycles. The maximum atomic E-state index is 12.6. The normalized spacial score (nSPS) is 21.4. The summed E-state index contributed by atoms with van der Waals surface area (Å²) in [6.45, 7) is 4.54. The minimum absolute atomic E-state index is 0.133. The molecule has 3 rings (SSSR count). The molecule has 2 aliphatic heterocycles. The van der Waals surface area contributed by atoms with E-state index < -0.39 is 24.3 Å². The molecule has 2 aliphatic rings. The van der Waals surface area contributed by atoms with Gasteiger partial charge in [-0.15, -0.1) is 0 Å². The third-order valence-electron chi connectivity index (χ3n) is 4.44. The largest absolute Gasteiger partial charge is 0.391 e. The standard InChI is InChI=1S/C15H19F3N4O/c1-8(15(16,17)18)6-11(23)13-19-9(2)12-14(21-13)20-10-4-3-5-22(12)7-10/h8,10H,3-7H2,1-2H3,(H,19,20,21)/t8-,10-/m0/s1. The first kappa shape index (κ1) is 16.0. The lowest BCUT2D eigenvalue weighted by Crippen LogP contribution is -2.47. The summed E-state index contributed by atoms with van der Waals surface area (Å²) in [5, 5.41) is 3.28. The number of nitrogens with zero attached hydrogens (tertiary/aromatic N) is 3. The van der Waals surface area contributed by atoms with Crippen LogP contribution in [-0.4, -0.2) is 41.1 Å². The molecule has 1 saturated heterocycles. The highest BCUT2D eigenvalue weighted by atomic mass is 19.4. The van der Waals surface area contributed by atoms with Crippen LogP contribution in [0.1, 0.15) is 42.5 Å². The summed E-state index contributed by atoms with van der Waals surface area (Å²) in [5.74, 6) is -1.94. The molecule has 2 atom stereocenters. The van der Waals surface area contributed by atoms with Gasteiger partial charge in [0.1, 0.15) is 5.69 Å². The van der Waals surface area contributed by atoms with Crippen LogP contribution in [0.4, 0.5) is 24.7 Å². The number of ketones is 1. The van der Waals surface area contributed by atoms with Crippen molar-refractivity contribution < 1.29 is 18.0 Å². The summed E-state index contributed by atoms with van der Waals surface area (Å²) in [6, 6.07) is 0.266. The second-order valence-electron chi connectivity index (χ2n) is 6.33. The first-order valence-corrected chi connectivity index (χ1v) is 7.75. The SMILES string of the molecule is Cc1nc(C(=O)C[C@H](C)C(F)(F)F)nc2c1N1CCC[C@@H](C1)N2. The summed E-state index contributed by atoms with van der Waals surface area (Å²) in [4.78, 5) is 22.7. The first-order valence-electron chi connectivity index (χ1n) is 7.75. The molecule has 2 bridgehead atoms. The van der Waals surface area contributed by atoms with Gasteiger partial charge in [0.25, 0.3) is 0 Å². The fourth-order valence-corrected chi connectivity index (χ4v) is 3.15. The molecule has 1 N–H and O–H groups in total. The number of alkyl halides is 3. The number of Topliss-reactive ketones (excluding diaryl/α,β-unsaturated/α-hetero) is 1. The molecule has 126 valence electrons. The van der Waals surface area contributed by atoms with E-state index in [0.717, 1.165) is 38.5 Å². The molecule has 8 heteroatoms. The summed E-state index contributed by atoms with van der Waals surface area (Å²) >= 11 is 0. The van der Waals surface area contributed by atoms with Crippen LogP contribution < -0.4 is 10.2 Å². The van der Waals surface area contributed by atoms with Crippen molar-refractivity contribution in [2.45, 2.75) is 45.3 Å². The van der Waals surface area contributed by atoms with Crippen LogP contribution in [0.15, 0.2) is 0 Å². The zero-order valence-electron chi connectivity index (χ0n) is 13.1. The molecule has 0 aliphatic carbocycles. The van der Waals surface area contributed by atoms with E-state index >= 15 is 0 Å². The maximum absolute atomic E-state index is 12.6. The topological polar surface area (TPSA) is 58.1 Å². The van der Waals surface area contributed by atoms with Crippen LogP contribution in [0.2, 0.25) is 0 Å². The van der Waals surface area contributed by atoms with E-state index in [1.54, 1.807) is 6.92 Å². The number of hydrogen-bond donors (Lipinski definition) is 1. The lowest BCUT2D eigenvalue weighted by atomic mass is 10.0. The van der Waals surface area contributed by atoms with E-state index in [1.807, 2.05) is 0 Å². The molecule has 1 aromatic rings. The number of fused-ring (bicyclic) bond motifs is 4. The molecule has 0 spiro atoms. The van der Waals surface area contributed by atoms with Gasteiger partial charge in [-0.05, 0) is 19.8 Å². The number of carbonyl (C=O) groups excluding carboxylic acids is 1. The Morgan fingerprint density at radius 2 is 2.17 bits per heavy atom. The fraction of sp³-hybridized carbons (Fsp3) is 0.667. The molecular formula is C15H19F3N4O. The number of hydrogen-bond acceptors (Lipinski definition) is 5. The van der Waals surface area contributed by atoms with Crippen molar-refractivity contribution in [1.29, 1.82) is 0 Å². The lowest BCUT2D eigenvalue weighted by Gasteiger charge is -2.41. The average Bonchev–Trinajstić information content (AvgIpc) is 2.45. The molecule has 1 aromatic heterocycles. The molecule has 5 nitrogen and oxygen atoms in total. The molecule has 1 fully saturated rings. The Labute approximate surface area is 132 Å².